The van der Waals surface area contributed by atoms with Crippen LogP contribution in [0.4, 0.5) is 0 Å². The fourth-order valence-corrected chi connectivity index (χ4v) is 9.57. The zero-order chi connectivity index (χ0) is 49.6. The number of amides is 6. The van der Waals surface area contributed by atoms with Gasteiger partial charge in [-0.1, -0.05) is 48.5 Å². The summed E-state index contributed by atoms with van der Waals surface area (Å²) >= 11 is 0. The van der Waals surface area contributed by atoms with Crippen molar-refractivity contribution in [2.75, 3.05) is 33.2 Å². The molecule has 13 N–H and O–H groups in total. The summed E-state index contributed by atoms with van der Waals surface area (Å²) in [6, 6.07) is 9.16. The summed E-state index contributed by atoms with van der Waals surface area (Å²) < 4.78 is 0. The smallest absolute Gasteiger partial charge is 0.317 e. The molecule has 21 heteroatoms. The molecule has 21 nitrogen and oxygen atoms in total. The molecule has 1 saturated carbocycles. The van der Waals surface area contributed by atoms with Gasteiger partial charge in [0.2, 0.25) is 35.4 Å². The van der Waals surface area contributed by atoms with E-state index in [1.807, 2.05) is 24.3 Å². The van der Waals surface area contributed by atoms with Crippen molar-refractivity contribution in [1.29, 1.82) is 5.41 Å². The predicted molar refractivity (Wildman–Crippen MR) is 254 cm³/mol. The fraction of sp³-hybridized carbons (Fsp3) is 0.542. The van der Waals surface area contributed by atoms with Crippen LogP contribution in [-0.2, 0) is 46.4 Å². The predicted octanol–water partition coefficient (Wildman–Crippen LogP) is -0.646. The number of fused-ring (bicyclic) bond motifs is 2. The summed E-state index contributed by atoms with van der Waals surface area (Å²) in [6.07, 6.45) is 2.74. The van der Waals surface area contributed by atoms with Gasteiger partial charge in [-0.3, -0.25) is 43.9 Å². The molecular formula is C48H67N11O10. The third kappa shape index (κ3) is 14.7. The zero-order valence-corrected chi connectivity index (χ0v) is 39.0. The van der Waals surface area contributed by atoms with Gasteiger partial charge in [0.05, 0.1) is 24.8 Å². The van der Waals surface area contributed by atoms with Gasteiger partial charge in [0, 0.05) is 49.6 Å². The Morgan fingerprint density at radius 3 is 2.28 bits per heavy atom. The fourth-order valence-electron chi connectivity index (χ4n) is 9.57. The summed E-state index contributed by atoms with van der Waals surface area (Å²) in [6.45, 7) is -0.563. The van der Waals surface area contributed by atoms with E-state index in [2.05, 4.69) is 36.9 Å². The maximum absolute atomic E-state index is 14.7. The van der Waals surface area contributed by atoms with Crippen molar-refractivity contribution in [2.45, 2.75) is 126 Å². The number of nitrogens with zero attached hydrogens (tertiary/aromatic N) is 2. The number of H-pyrrole nitrogens is 1. The number of aliphatic carboxylic acids is 1. The molecule has 1 aliphatic carbocycles. The lowest BCUT2D eigenvalue weighted by Crippen LogP contribution is -2.60. The van der Waals surface area contributed by atoms with Crippen LogP contribution in [0.1, 0.15) is 75.3 Å². The van der Waals surface area contributed by atoms with Crippen LogP contribution in [0.15, 0.2) is 60.8 Å². The first-order valence-electron chi connectivity index (χ1n) is 23.8. The Balaban J connectivity index is 1.34. The first-order chi connectivity index (χ1) is 33.1. The Morgan fingerprint density at radius 1 is 0.870 bits per heavy atom. The summed E-state index contributed by atoms with van der Waals surface area (Å²) in [5, 5.41) is 56.2. The Hall–Kier alpha value is -6.58. The van der Waals surface area contributed by atoms with E-state index in [9.17, 15) is 48.9 Å². The molecule has 2 aromatic carbocycles. The number of hydrogen-bond donors (Lipinski definition) is 12. The Bertz CT molecular complexity index is 2290. The molecule has 0 radical (unpaired) electrons. The van der Waals surface area contributed by atoms with Crippen molar-refractivity contribution in [2.24, 2.45) is 11.7 Å². The van der Waals surface area contributed by atoms with Crippen LogP contribution >= 0.6 is 0 Å². The number of para-hydroxylation sites is 1. The number of hydrogen-bond acceptors (Lipinski definition) is 11. The van der Waals surface area contributed by atoms with Gasteiger partial charge in [0.1, 0.15) is 30.2 Å². The summed E-state index contributed by atoms with van der Waals surface area (Å²) in [4.78, 5) is 104. The average Bonchev–Trinajstić information content (AvgIpc) is 3.92. The van der Waals surface area contributed by atoms with Gasteiger partial charge in [-0.15, -0.1) is 0 Å². The second kappa shape index (κ2) is 24.6. The molecule has 6 rings (SSSR count). The first-order valence-corrected chi connectivity index (χ1v) is 23.8. The minimum Gasteiger partial charge on any atom is -0.480 e. The number of carbonyl (C=O) groups excluding carboxylic acids is 6. The molecule has 2 aliphatic heterocycles. The van der Waals surface area contributed by atoms with Crippen LogP contribution in [0.2, 0.25) is 0 Å². The second-order valence-electron chi connectivity index (χ2n) is 18.5. The number of guanidine groups is 1. The lowest BCUT2D eigenvalue weighted by molar-refractivity contribution is -0.144. The van der Waals surface area contributed by atoms with Crippen molar-refractivity contribution >= 4 is 58.3 Å². The van der Waals surface area contributed by atoms with Gasteiger partial charge in [-0.05, 0) is 94.4 Å². The van der Waals surface area contributed by atoms with Crippen molar-refractivity contribution < 1.29 is 48.9 Å². The van der Waals surface area contributed by atoms with Crippen molar-refractivity contribution in [1.82, 2.24) is 46.7 Å². The van der Waals surface area contributed by atoms with Gasteiger partial charge in [-0.2, -0.15) is 0 Å². The quantitative estimate of drug-likeness (QED) is 0.0513. The van der Waals surface area contributed by atoms with E-state index in [4.69, 9.17) is 11.1 Å². The highest BCUT2D eigenvalue weighted by Crippen LogP contribution is 2.29. The van der Waals surface area contributed by atoms with E-state index in [0.717, 1.165) is 16.5 Å². The summed E-state index contributed by atoms with van der Waals surface area (Å²) in [5.41, 5.74) is 7.74. The number of aliphatic hydroxyl groups excluding tert-OH is 2. The van der Waals surface area contributed by atoms with Crippen LogP contribution in [0.3, 0.4) is 0 Å². The van der Waals surface area contributed by atoms with Crippen molar-refractivity contribution in [3.63, 3.8) is 0 Å². The van der Waals surface area contributed by atoms with E-state index < -0.39 is 96.4 Å². The number of aliphatic hydroxyl groups is 2. The molecule has 0 bridgehead atoms. The number of benzene rings is 2. The topological polar surface area (TPSA) is 324 Å². The molecule has 1 unspecified atom stereocenters. The highest BCUT2D eigenvalue weighted by Gasteiger charge is 2.44. The number of aromatic amines is 1. The normalized spacial score (nSPS) is 25.9. The standard InChI is InChI=1S/C48H67N11O10/c1-58(27-41(62)63)39(22-28-9-3-2-4-10-28)45(67)55-36-14-8-19-51-42(64)35(13-7-20-52-48(49)50)54-44(66)38(23-30-25-53-34-12-6-5-11-33(30)34)56-43(65)37(21-29-15-17-31(60)18-16-29)57-46(68)40-24-32(61)26-59(40)47(36)69/h2-6,9-12,25,29,31-32,35-40,53,60-61H,7-8,13-24,26-27H2,1H3,(H,51,64)(H,54,66)(H,55,67)(H,56,65)(H,57,68)(H,62,63)(H4,49,50,52)/t29-,31+,32-,35+,36+,37-,38+,39?,40+/m1/s1. The van der Waals surface area contributed by atoms with Crippen molar-refractivity contribution in [3.05, 3.63) is 71.9 Å². The molecule has 6 amide bonds. The minimum atomic E-state index is -1.31. The summed E-state index contributed by atoms with van der Waals surface area (Å²) in [7, 11) is 1.48. The third-order valence-electron chi connectivity index (χ3n) is 13.3. The SMILES string of the molecule is CN(CC(=O)O)C(Cc1ccccc1)C(=O)N[C@H]1CCCNC(=O)[C@H](CCCNC(=N)N)NC(=O)[C@H](Cc2c[nH]c3ccccc23)NC(=O)[C@@H](C[C@H]2CC[C@@H](O)CC2)NC(=O)[C@@H]2C[C@@H](O)CN2C1=O. The molecule has 1 aromatic heterocycles. The van der Waals surface area contributed by atoms with E-state index in [0.29, 0.717) is 37.7 Å². The van der Waals surface area contributed by atoms with Crippen LogP contribution < -0.4 is 37.6 Å². The van der Waals surface area contributed by atoms with Crippen LogP contribution in [0.5, 0.6) is 0 Å². The number of rotatable bonds is 15. The Morgan fingerprint density at radius 2 is 1.55 bits per heavy atom. The number of carbonyl (C=O) groups is 7. The lowest BCUT2D eigenvalue weighted by Gasteiger charge is -2.33. The third-order valence-corrected chi connectivity index (χ3v) is 13.3. The second-order valence-corrected chi connectivity index (χ2v) is 18.5. The number of carboxylic acid groups (broad SMARTS) is 1. The largest absolute Gasteiger partial charge is 0.480 e. The molecule has 0 spiro atoms. The molecule has 7 atom stereocenters. The molecule has 3 fully saturated rings. The molecular weight excluding hydrogens is 891 g/mol. The van der Waals surface area contributed by atoms with Gasteiger partial charge in [0.25, 0.3) is 0 Å². The number of nitrogens with two attached hydrogens (primary N) is 1. The van der Waals surface area contributed by atoms with E-state index in [-0.39, 0.29) is 76.5 Å². The van der Waals surface area contributed by atoms with Crippen LogP contribution in [0.25, 0.3) is 10.9 Å². The monoisotopic (exact) mass is 958 g/mol. The molecule has 3 aliphatic rings. The van der Waals surface area contributed by atoms with E-state index in [1.54, 1.807) is 36.5 Å². The highest BCUT2D eigenvalue weighted by atomic mass is 16.4. The zero-order valence-electron chi connectivity index (χ0n) is 39.0. The number of aromatic nitrogens is 1. The van der Waals surface area contributed by atoms with E-state index in [1.165, 1.54) is 16.8 Å². The molecule has 69 heavy (non-hydrogen) atoms. The number of likely N-dealkylation sites (N-methyl/N-ethyl adjacent to an activating group) is 1. The Labute approximate surface area is 400 Å². The lowest BCUT2D eigenvalue weighted by atomic mass is 9.83. The van der Waals surface area contributed by atoms with Gasteiger partial charge < -0.3 is 62.8 Å². The number of nitrogens with one attached hydrogen (secondary N) is 8. The summed E-state index contributed by atoms with van der Waals surface area (Å²) in [5.74, 6) is -5.57. The van der Waals surface area contributed by atoms with E-state index >= 15 is 0 Å². The van der Waals surface area contributed by atoms with Crippen LogP contribution in [-0.4, -0.2) is 159 Å². The Kier molecular flexibility index (Phi) is 18.5. The maximum atomic E-state index is 14.7. The van der Waals surface area contributed by atoms with Crippen molar-refractivity contribution in [3.8, 4) is 0 Å². The molecule has 374 valence electrons. The molecule has 3 heterocycles. The first kappa shape index (κ1) is 51.8. The number of carboxylic acids is 1. The average molecular weight is 958 g/mol. The highest BCUT2D eigenvalue weighted by molar-refractivity contribution is 5.97. The maximum Gasteiger partial charge on any atom is 0.317 e. The van der Waals surface area contributed by atoms with Crippen LogP contribution in [0, 0.1) is 11.3 Å². The molecule has 2 saturated heterocycles. The minimum absolute atomic E-state index is 0.000611. The van der Waals surface area contributed by atoms with Gasteiger partial charge >= 0.3 is 5.97 Å². The molecule has 3 aromatic rings. The van der Waals surface area contributed by atoms with Gasteiger partial charge in [-0.25, -0.2) is 0 Å². The van der Waals surface area contributed by atoms with Gasteiger partial charge in [0.15, 0.2) is 5.96 Å².